The van der Waals surface area contributed by atoms with Crippen LogP contribution in [0.1, 0.15) is 201 Å². The zero-order valence-electron chi connectivity index (χ0n) is 31.0. The minimum Gasteiger partial charge on any atom is -0.462 e. The van der Waals surface area contributed by atoms with Gasteiger partial charge in [-0.15, -0.1) is 0 Å². The molecule has 0 saturated heterocycles. The highest BCUT2D eigenvalue weighted by Crippen LogP contribution is 2.13. The molecule has 1 atom stereocenters. The molecule has 0 rings (SSSR count). The van der Waals surface area contributed by atoms with E-state index in [2.05, 4.69) is 45.1 Å². The Labute approximate surface area is 290 Å². The Bertz CT molecular complexity index is 774. The van der Waals surface area contributed by atoms with E-state index >= 15 is 0 Å². The first kappa shape index (κ1) is 44.9. The Morgan fingerprint density at radius 1 is 0.404 bits per heavy atom. The summed E-state index contributed by atoms with van der Waals surface area (Å²) in [5, 5.41) is 0. The van der Waals surface area contributed by atoms with Crippen LogP contribution in [0.4, 0.5) is 0 Å². The summed E-state index contributed by atoms with van der Waals surface area (Å²) in [6, 6.07) is 0. The first-order chi connectivity index (χ1) is 23.0. The standard InChI is InChI=1S/C41H74O6/c1-4-7-10-13-16-18-20-22-23-25-28-31-34-40(43)46-37-38(36-45-39(42)33-30-27-15-12-9-6-3)47-41(44)35-32-29-26-24-21-19-17-14-11-8-5-2/h14,16-18,38H,4-13,15,19-37H2,1-3H3/b17-14-,18-16-. The maximum atomic E-state index is 12.6. The zero-order chi connectivity index (χ0) is 34.5. The fraction of sp³-hybridized carbons (Fsp3) is 0.829. The number of carbonyl (C=O) groups is 3. The third kappa shape index (κ3) is 35.0. The second kappa shape index (κ2) is 36.7. The van der Waals surface area contributed by atoms with E-state index in [4.69, 9.17) is 14.2 Å². The number of allylic oxidation sites excluding steroid dienone is 4. The van der Waals surface area contributed by atoms with Gasteiger partial charge < -0.3 is 14.2 Å². The molecule has 0 amide bonds. The predicted octanol–water partition coefficient (Wildman–Crippen LogP) is 12.1. The van der Waals surface area contributed by atoms with Crippen molar-refractivity contribution < 1.29 is 28.6 Å². The summed E-state index contributed by atoms with van der Waals surface area (Å²) in [5.74, 6) is -0.910. The van der Waals surface area contributed by atoms with Gasteiger partial charge in [0.25, 0.3) is 0 Å². The number of rotatable bonds is 35. The van der Waals surface area contributed by atoms with Crippen molar-refractivity contribution in [3.05, 3.63) is 24.3 Å². The van der Waals surface area contributed by atoms with Gasteiger partial charge in [-0.2, -0.15) is 0 Å². The molecule has 0 radical (unpaired) electrons. The quantitative estimate of drug-likeness (QED) is 0.0291. The van der Waals surface area contributed by atoms with Crippen molar-refractivity contribution in [2.24, 2.45) is 0 Å². The molecule has 6 nitrogen and oxygen atoms in total. The van der Waals surface area contributed by atoms with Crippen molar-refractivity contribution >= 4 is 17.9 Å². The summed E-state index contributed by atoms with van der Waals surface area (Å²) < 4.78 is 16.5. The molecule has 0 N–H and O–H groups in total. The van der Waals surface area contributed by atoms with Gasteiger partial charge in [-0.05, 0) is 64.2 Å². The van der Waals surface area contributed by atoms with Gasteiger partial charge in [0, 0.05) is 19.3 Å². The molecule has 1 unspecified atom stereocenters. The summed E-state index contributed by atoms with van der Waals surface area (Å²) >= 11 is 0. The van der Waals surface area contributed by atoms with Gasteiger partial charge in [0.2, 0.25) is 0 Å². The van der Waals surface area contributed by atoms with Crippen molar-refractivity contribution in [2.75, 3.05) is 13.2 Å². The molecule has 0 aliphatic heterocycles. The van der Waals surface area contributed by atoms with E-state index in [1.54, 1.807) is 0 Å². The molecule has 0 aliphatic carbocycles. The lowest BCUT2D eigenvalue weighted by Gasteiger charge is -2.18. The van der Waals surface area contributed by atoms with Gasteiger partial charge in [-0.3, -0.25) is 14.4 Å². The van der Waals surface area contributed by atoms with Crippen LogP contribution in [0, 0.1) is 0 Å². The molecule has 0 bridgehead atoms. The molecule has 6 heteroatoms. The van der Waals surface area contributed by atoms with Gasteiger partial charge >= 0.3 is 17.9 Å². The molecule has 0 aromatic carbocycles. The van der Waals surface area contributed by atoms with E-state index in [0.717, 1.165) is 77.0 Å². The smallest absolute Gasteiger partial charge is 0.306 e. The second-order valence-electron chi connectivity index (χ2n) is 13.2. The Morgan fingerprint density at radius 3 is 1.17 bits per heavy atom. The molecule has 0 fully saturated rings. The highest BCUT2D eigenvalue weighted by atomic mass is 16.6. The number of ether oxygens (including phenoxy) is 3. The van der Waals surface area contributed by atoms with Crippen molar-refractivity contribution in [3.63, 3.8) is 0 Å². The van der Waals surface area contributed by atoms with E-state index in [1.807, 2.05) is 0 Å². The lowest BCUT2D eigenvalue weighted by molar-refractivity contribution is -0.167. The SMILES string of the molecule is CCCC/C=C\CCCCCCCC(=O)OC(COC(=O)CCCCCCCC)COC(=O)CCCCCCC/C=C\CCCCC. The Morgan fingerprint density at radius 2 is 0.723 bits per heavy atom. The van der Waals surface area contributed by atoms with Crippen molar-refractivity contribution in [1.82, 2.24) is 0 Å². The molecule has 0 aromatic rings. The monoisotopic (exact) mass is 663 g/mol. The third-order valence-corrected chi connectivity index (χ3v) is 8.43. The third-order valence-electron chi connectivity index (χ3n) is 8.43. The minimum atomic E-state index is -0.769. The van der Waals surface area contributed by atoms with Crippen LogP contribution in [0.25, 0.3) is 0 Å². The van der Waals surface area contributed by atoms with Gasteiger partial charge in [0.15, 0.2) is 6.10 Å². The van der Waals surface area contributed by atoms with Crippen LogP contribution in [-0.4, -0.2) is 37.2 Å². The largest absolute Gasteiger partial charge is 0.462 e. The molecule has 47 heavy (non-hydrogen) atoms. The van der Waals surface area contributed by atoms with Crippen LogP contribution < -0.4 is 0 Å². The summed E-state index contributed by atoms with van der Waals surface area (Å²) in [7, 11) is 0. The fourth-order valence-electron chi connectivity index (χ4n) is 5.36. The van der Waals surface area contributed by atoms with E-state index in [1.165, 1.54) is 83.5 Å². The molecule has 0 heterocycles. The maximum Gasteiger partial charge on any atom is 0.306 e. The molecular weight excluding hydrogens is 588 g/mol. The van der Waals surface area contributed by atoms with Gasteiger partial charge in [-0.25, -0.2) is 0 Å². The van der Waals surface area contributed by atoms with E-state index < -0.39 is 6.10 Å². The second-order valence-corrected chi connectivity index (χ2v) is 13.2. The summed E-state index contributed by atoms with van der Waals surface area (Å²) in [6.07, 6.45) is 37.5. The van der Waals surface area contributed by atoms with Crippen LogP contribution in [-0.2, 0) is 28.6 Å². The molecular formula is C41H74O6. The van der Waals surface area contributed by atoms with Crippen molar-refractivity contribution in [3.8, 4) is 0 Å². The average molecular weight is 663 g/mol. The van der Waals surface area contributed by atoms with Gasteiger partial charge in [0.1, 0.15) is 13.2 Å². The van der Waals surface area contributed by atoms with Crippen LogP contribution >= 0.6 is 0 Å². The molecule has 274 valence electrons. The Kier molecular flexibility index (Phi) is 35.1. The molecule has 0 aromatic heterocycles. The molecule has 0 saturated carbocycles. The first-order valence-corrected chi connectivity index (χ1v) is 19.8. The first-order valence-electron chi connectivity index (χ1n) is 19.8. The fourth-order valence-corrected chi connectivity index (χ4v) is 5.36. The lowest BCUT2D eigenvalue weighted by atomic mass is 10.1. The highest BCUT2D eigenvalue weighted by Gasteiger charge is 2.19. The average Bonchev–Trinajstić information content (AvgIpc) is 3.06. The van der Waals surface area contributed by atoms with E-state index in [9.17, 15) is 14.4 Å². The van der Waals surface area contributed by atoms with E-state index in [0.29, 0.717) is 19.3 Å². The van der Waals surface area contributed by atoms with Gasteiger partial charge in [0.05, 0.1) is 0 Å². The normalized spacial score (nSPS) is 12.1. The highest BCUT2D eigenvalue weighted by molar-refractivity contribution is 5.71. The van der Waals surface area contributed by atoms with Gasteiger partial charge in [-0.1, -0.05) is 141 Å². The van der Waals surface area contributed by atoms with Crippen LogP contribution in [0.2, 0.25) is 0 Å². The van der Waals surface area contributed by atoms with Crippen LogP contribution in [0.5, 0.6) is 0 Å². The van der Waals surface area contributed by atoms with Crippen molar-refractivity contribution in [1.29, 1.82) is 0 Å². The van der Waals surface area contributed by atoms with Crippen LogP contribution in [0.15, 0.2) is 24.3 Å². The molecule has 0 aliphatic rings. The van der Waals surface area contributed by atoms with Crippen molar-refractivity contribution in [2.45, 2.75) is 207 Å². The number of hydrogen-bond acceptors (Lipinski definition) is 6. The number of carbonyl (C=O) groups excluding carboxylic acids is 3. The van der Waals surface area contributed by atoms with Crippen LogP contribution in [0.3, 0.4) is 0 Å². The predicted molar refractivity (Wildman–Crippen MR) is 196 cm³/mol. The molecule has 0 spiro atoms. The maximum absolute atomic E-state index is 12.6. The Hall–Kier alpha value is -2.11. The minimum absolute atomic E-state index is 0.0769. The summed E-state index contributed by atoms with van der Waals surface area (Å²) in [4.78, 5) is 37.3. The summed E-state index contributed by atoms with van der Waals surface area (Å²) in [6.45, 7) is 6.48. The number of hydrogen-bond donors (Lipinski definition) is 0. The zero-order valence-corrected chi connectivity index (χ0v) is 31.0. The Balaban J connectivity index is 4.34. The number of esters is 3. The number of unbranched alkanes of at least 4 members (excludes halogenated alkanes) is 20. The topological polar surface area (TPSA) is 78.9 Å². The van der Waals surface area contributed by atoms with E-state index in [-0.39, 0.29) is 31.1 Å². The summed E-state index contributed by atoms with van der Waals surface area (Å²) in [5.41, 5.74) is 0. The lowest BCUT2D eigenvalue weighted by Crippen LogP contribution is -2.30.